The highest BCUT2D eigenvalue weighted by molar-refractivity contribution is 6.01. The van der Waals surface area contributed by atoms with E-state index in [1.807, 2.05) is 0 Å². The number of benzene rings is 1. The molecule has 4 aliphatic heterocycles. The first-order chi connectivity index (χ1) is 15.4. The van der Waals surface area contributed by atoms with Crippen molar-refractivity contribution in [1.82, 2.24) is 10.6 Å². The van der Waals surface area contributed by atoms with Crippen LogP contribution in [0.5, 0.6) is 0 Å². The average Bonchev–Trinajstić information content (AvgIpc) is 3.06. The molecule has 33 heavy (non-hydrogen) atoms. The van der Waals surface area contributed by atoms with Crippen LogP contribution in [-0.4, -0.2) is 75.8 Å². The zero-order valence-electron chi connectivity index (χ0n) is 18.9. The first kappa shape index (κ1) is 23.9. The van der Waals surface area contributed by atoms with Crippen LogP contribution in [0.3, 0.4) is 0 Å². The summed E-state index contributed by atoms with van der Waals surface area (Å²) in [6.45, 7) is 4.89. The van der Waals surface area contributed by atoms with Gasteiger partial charge in [0.25, 0.3) is 17.5 Å². The number of aliphatic hydroxyl groups excluding tert-OH is 2. The summed E-state index contributed by atoms with van der Waals surface area (Å²) in [5.41, 5.74) is -4.30. The monoisotopic (exact) mass is 465 g/mol. The van der Waals surface area contributed by atoms with Crippen LogP contribution in [0.2, 0.25) is 0 Å². The Labute approximate surface area is 191 Å². The van der Waals surface area contributed by atoms with Crippen molar-refractivity contribution in [3.8, 4) is 0 Å². The fourth-order valence-corrected chi connectivity index (χ4v) is 4.65. The second-order valence-corrected chi connectivity index (χ2v) is 9.49. The van der Waals surface area contributed by atoms with Crippen molar-refractivity contribution in [2.24, 2.45) is 5.92 Å². The fraction of sp³-hybridized carbons (Fsp3) is 0.636. The van der Waals surface area contributed by atoms with Gasteiger partial charge in [-0.3, -0.25) is 9.59 Å². The molecule has 4 aliphatic rings. The Hall–Kier alpha value is -2.28. The molecule has 11 nitrogen and oxygen atoms in total. The number of hydrogen-bond donors (Lipinski definition) is 6. The van der Waals surface area contributed by atoms with Gasteiger partial charge in [-0.05, 0) is 44.9 Å². The number of carbonyl (C=O) groups excluding carboxylic acids is 2. The van der Waals surface area contributed by atoms with Gasteiger partial charge in [0.1, 0.15) is 11.7 Å². The van der Waals surface area contributed by atoms with Crippen molar-refractivity contribution in [1.29, 1.82) is 0 Å². The number of hydrogen-bond acceptors (Lipinski definition) is 9. The van der Waals surface area contributed by atoms with Crippen LogP contribution in [0.4, 0.5) is 5.69 Å². The molecule has 1 unspecified atom stereocenters. The van der Waals surface area contributed by atoms with Crippen LogP contribution in [0.1, 0.15) is 32.8 Å². The van der Waals surface area contributed by atoms with E-state index in [4.69, 9.17) is 14.2 Å². The number of anilines is 1. The van der Waals surface area contributed by atoms with E-state index in [1.165, 1.54) is 0 Å². The quantitative estimate of drug-likeness (QED) is 0.315. The highest BCUT2D eigenvalue weighted by atomic mass is 16.8. The molecule has 6 N–H and O–H groups in total. The Morgan fingerprint density at radius 1 is 1.18 bits per heavy atom. The van der Waals surface area contributed by atoms with Gasteiger partial charge in [-0.1, -0.05) is 12.1 Å². The molecule has 0 aliphatic carbocycles. The van der Waals surface area contributed by atoms with Gasteiger partial charge >= 0.3 is 0 Å². The van der Waals surface area contributed by atoms with Gasteiger partial charge in [-0.15, -0.1) is 0 Å². The molecule has 4 fully saturated rings. The summed E-state index contributed by atoms with van der Waals surface area (Å²) in [7, 11) is 0. The molecular formula is C22H31N3O8. The molecule has 2 amide bonds. The molecule has 5 rings (SSSR count). The summed E-state index contributed by atoms with van der Waals surface area (Å²) in [5, 5.41) is 39.6. The Balaban J connectivity index is 1.54. The number of aliphatic hydroxyl groups is 3. The van der Waals surface area contributed by atoms with Crippen LogP contribution in [0.15, 0.2) is 24.3 Å². The maximum atomic E-state index is 13.2. The van der Waals surface area contributed by atoms with E-state index in [9.17, 15) is 24.9 Å². The van der Waals surface area contributed by atoms with Crippen molar-refractivity contribution in [3.05, 3.63) is 29.8 Å². The first-order valence-corrected chi connectivity index (χ1v) is 10.9. The van der Waals surface area contributed by atoms with Crippen molar-refractivity contribution >= 4 is 17.5 Å². The van der Waals surface area contributed by atoms with E-state index in [0.29, 0.717) is 11.3 Å². The van der Waals surface area contributed by atoms with Crippen LogP contribution < -0.4 is 16.0 Å². The van der Waals surface area contributed by atoms with Crippen molar-refractivity contribution < 1.29 is 39.1 Å². The molecule has 1 aromatic rings. The maximum absolute atomic E-state index is 13.2. The van der Waals surface area contributed by atoms with Crippen molar-refractivity contribution in [2.45, 2.75) is 62.7 Å². The minimum Gasteiger partial charge on any atom is -0.392 e. The Kier molecular flexibility index (Phi) is 5.92. The Morgan fingerprint density at radius 3 is 2.61 bits per heavy atom. The largest absolute Gasteiger partial charge is 0.392 e. The smallest absolute Gasteiger partial charge is 0.278 e. The normalized spacial score (nSPS) is 36.5. The zero-order valence-corrected chi connectivity index (χ0v) is 18.9. The number of carbonyl (C=O) groups is 2. The molecule has 4 saturated heterocycles. The standard InChI is InChI=1S/C22H31N3O8/c1-19(2)32-12-20(3,33-19)16(27)22-18(29)24-21(30,17(28)25-22)14(7-8-31-22)10-23-15-6-4-5-13(9-15)11-26/h4-6,9,14,16,23,26-27,30H,7-8,10-12H2,1-3H3,(H,24,29)(H,25,28)/t14?,16-,20-,21+,22-/m0/s1. The third-order valence-corrected chi connectivity index (χ3v) is 6.48. The number of nitrogens with one attached hydrogen (secondary N) is 3. The molecule has 4 heterocycles. The second kappa shape index (κ2) is 8.19. The summed E-state index contributed by atoms with van der Waals surface area (Å²) in [6, 6.07) is 7.07. The molecule has 0 saturated carbocycles. The predicted molar refractivity (Wildman–Crippen MR) is 114 cm³/mol. The van der Waals surface area contributed by atoms with Crippen molar-refractivity contribution in [3.63, 3.8) is 0 Å². The molecular weight excluding hydrogens is 434 g/mol. The van der Waals surface area contributed by atoms with Crippen molar-refractivity contribution in [2.75, 3.05) is 25.1 Å². The molecule has 1 aromatic carbocycles. The first-order valence-electron chi connectivity index (χ1n) is 10.9. The van der Waals surface area contributed by atoms with E-state index in [2.05, 4.69) is 16.0 Å². The molecule has 2 bridgehead atoms. The minimum absolute atomic E-state index is 0.0174. The highest BCUT2D eigenvalue weighted by Crippen LogP contribution is 2.40. The minimum atomic E-state index is -2.21. The van der Waals surface area contributed by atoms with E-state index >= 15 is 0 Å². The molecule has 182 valence electrons. The van der Waals surface area contributed by atoms with Crippen LogP contribution in [-0.2, 0) is 30.4 Å². The highest BCUT2D eigenvalue weighted by Gasteiger charge is 2.66. The molecule has 11 heteroatoms. The van der Waals surface area contributed by atoms with E-state index in [0.717, 1.165) is 0 Å². The fourth-order valence-electron chi connectivity index (χ4n) is 4.65. The zero-order chi connectivity index (χ0) is 24.1. The summed E-state index contributed by atoms with van der Waals surface area (Å²) < 4.78 is 17.2. The van der Waals surface area contributed by atoms with E-state index < -0.39 is 46.7 Å². The lowest BCUT2D eigenvalue weighted by Gasteiger charge is -2.51. The van der Waals surface area contributed by atoms with Gasteiger partial charge in [0.2, 0.25) is 5.72 Å². The topological polar surface area (TPSA) is 159 Å². The predicted octanol–water partition coefficient (Wildman–Crippen LogP) is -0.839. The van der Waals surface area contributed by atoms with Gasteiger partial charge in [0, 0.05) is 18.2 Å². The maximum Gasteiger partial charge on any atom is 0.278 e. The van der Waals surface area contributed by atoms with E-state index in [-0.39, 0.29) is 32.8 Å². The van der Waals surface area contributed by atoms with Crippen LogP contribution >= 0.6 is 0 Å². The average molecular weight is 466 g/mol. The van der Waals surface area contributed by atoms with Crippen LogP contribution in [0, 0.1) is 5.92 Å². The SMILES string of the molecule is CC1(C)OC[C@@](C)([C@H](O)[C@@]23NC(=O)[C@@](O)(NC2=O)C(CNc2cccc(CO)c2)CCO3)O1. The number of amides is 2. The lowest BCUT2D eigenvalue weighted by atomic mass is 9.82. The van der Waals surface area contributed by atoms with E-state index in [1.54, 1.807) is 45.0 Å². The third kappa shape index (κ3) is 4.09. The van der Waals surface area contributed by atoms with Gasteiger partial charge in [0.15, 0.2) is 5.79 Å². The number of fused-ring (bicyclic) bond motifs is 5. The van der Waals surface area contributed by atoms with Gasteiger partial charge in [-0.25, -0.2) is 0 Å². The molecule has 0 spiro atoms. The van der Waals surface area contributed by atoms with Gasteiger partial charge < -0.3 is 45.5 Å². The lowest BCUT2D eigenvalue weighted by Crippen LogP contribution is -2.84. The number of rotatable bonds is 6. The summed E-state index contributed by atoms with van der Waals surface area (Å²) in [4.78, 5) is 26.3. The Morgan fingerprint density at radius 2 is 1.94 bits per heavy atom. The lowest BCUT2D eigenvalue weighted by molar-refractivity contribution is -0.247. The summed E-state index contributed by atoms with van der Waals surface area (Å²) in [6.07, 6.45) is -1.40. The van der Waals surface area contributed by atoms with Gasteiger partial charge in [-0.2, -0.15) is 0 Å². The van der Waals surface area contributed by atoms with Gasteiger partial charge in [0.05, 0.1) is 19.8 Å². The number of piperazine rings is 1. The Bertz CT molecular complexity index is 942. The summed E-state index contributed by atoms with van der Waals surface area (Å²) >= 11 is 0. The van der Waals surface area contributed by atoms with Crippen LogP contribution in [0.25, 0.3) is 0 Å². The molecule has 5 atom stereocenters. The number of ether oxygens (including phenoxy) is 3. The third-order valence-electron chi connectivity index (χ3n) is 6.48. The molecule has 0 aromatic heterocycles. The summed E-state index contributed by atoms with van der Waals surface area (Å²) in [5.74, 6) is -3.50. The second-order valence-electron chi connectivity index (χ2n) is 9.49. The molecule has 0 radical (unpaired) electrons.